The van der Waals surface area contributed by atoms with E-state index in [9.17, 15) is 17.6 Å². The molecule has 2 rings (SSSR count). The van der Waals surface area contributed by atoms with Gasteiger partial charge >= 0.3 is 0 Å². The molecule has 2 aromatic carbocycles. The number of carbonyl (C=O) groups excluding carboxylic acids is 1. The first-order chi connectivity index (χ1) is 12.9. The van der Waals surface area contributed by atoms with Crippen molar-refractivity contribution in [2.24, 2.45) is 0 Å². The Morgan fingerprint density at radius 2 is 1.52 bits per heavy atom. The largest absolute Gasteiger partial charge is 0.348 e. The van der Waals surface area contributed by atoms with Crippen LogP contribution in [0, 0.1) is 5.82 Å². The molecule has 0 radical (unpaired) electrons. The van der Waals surface area contributed by atoms with Crippen molar-refractivity contribution in [2.45, 2.75) is 38.1 Å². The van der Waals surface area contributed by atoms with Crippen LogP contribution in [0.1, 0.15) is 42.6 Å². The van der Waals surface area contributed by atoms with E-state index in [0.29, 0.717) is 18.7 Å². The first-order valence-corrected chi connectivity index (χ1v) is 10.4. The van der Waals surface area contributed by atoms with Crippen molar-refractivity contribution in [3.05, 3.63) is 65.5 Å². The molecule has 0 aliphatic rings. The number of halogens is 1. The topological polar surface area (TPSA) is 66.5 Å². The molecule has 0 unspecified atom stereocenters. The third-order valence-electron chi connectivity index (χ3n) is 4.07. The molecule has 146 valence electrons. The number of sulfonamides is 1. The summed E-state index contributed by atoms with van der Waals surface area (Å²) in [6.07, 6.45) is 1.48. The molecule has 27 heavy (non-hydrogen) atoms. The molecule has 0 saturated heterocycles. The Kier molecular flexibility index (Phi) is 7.50. The van der Waals surface area contributed by atoms with Crippen molar-refractivity contribution < 1.29 is 17.6 Å². The minimum Gasteiger partial charge on any atom is -0.348 e. The Balaban J connectivity index is 2.06. The van der Waals surface area contributed by atoms with Crippen LogP contribution in [0.15, 0.2) is 53.4 Å². The molecule has 2 aromatic rings. The number of hydrogen-bond acceptors (Lipinski definition) is 3. The molecule has 5 nitrogen and oxygen atoms in total. The third kappa shape index (κ3) is 5.61. The first-order valence-electron chi connectivity index (χ1n) is 9.01. The van der Waals surface area contributed by atoms with Gasteiger partial charge in [-0.3, -0.25) is 4.79 Å². The zero-order chi connectivity index (χ0) is 19.9. The Morgan fingerprint density at radius 1 is 0.963 bits per heavy atom. The summed E-state index contributed by atoms with van der Waals surface area (Å²) in [5.41, 5.74) is 1.15. The second-order valence-corrected chi connectivity index (χ2v) is 8.18. The van der Waals surface area contributed by atoms with Gasteiger partial charge in [-0.1, -0.05) is 26.0 Å². The summed E-state index contributed by atoms with van der Waals surface area (Å²) in [4.78, 5) is 12.4. The maximum atomic E-state index is 12.9. The summed E-state index contributed by atoms with van der Waals surface area (Å²) < 4.78 is 39.8. The highest BCUT2D eigenvalue weighted by Gasteiger charge is 2.23. The van der Waals surface area contributed by atoms with Crippen LogP contribution in [0.4, 0.5) is 4.39 Å². The molecule has 0 aromatic heterocycles. The molecule has 0 fully saturated rings. The van der Waals surface area contributed by atoms with Crippen molar-refractivity contribution in [3.8, 4) is 0 Å². The molecule has 0 aliphatic carbocycles. The summed E-state index contributed by atoms with van der Waals surface area (Å²) >= 11 is 0. The zero-order valence-corrected chi connectivity index (χ0v) is 16.4. The molecular weight excluding hydrogens is 367 g/mol. The van der Waals surface area contributed by atoms with Gasteiger partial charge in [-0.25, -0.2) is 12.8 Å². The predicted molar refractivity (Wildman–Crippen MR) is 103 cm³/mol. The zero-order valence-electron chi connectivity index (χ0n) is 15.6. The van der Waals surface area contributed by atoms with E-state index in [2.05, 4.69) is 5.32 Å². The SMILES string of the molecule is CCCN(CCC)S(=O)(=O)c1ccc(C(=O)NCc2ccc(F)cc2)cc1. The van der Waals surface area contributed by atoms with Crippen molar-refractivity contribution >= 4 is 15.9 Å². The lowest BCUT2D eigenvalue weighted by Gasteiger charge is -2.21. The highest BCUT2D eigenvalue weighted by Crippen LogP contribution is 2.17. The molecule has 0 aliphatic heterocycles. The number of amides is 1. The lowest BCUT2D eigenvalue weighted by molar-refractivity contribution is 0.0951. The molecule has 1 amide bonds. The minimum atomic E-state index is -3.56. The maximum Gasteiger partial charge on any atom is 0.251 e. The Morgan fingerprint density at radius 3 is 2.04 bits per heavy atom. The number of hydrogen-bond donors (Lipinski definition) is 1. The molecule has 1 N–H and O–H groups in total. The molecular formula is C20H25FN2O3S. The fourth-order valence-corrected chi connectivity index (χ4v) is 4.29. The highest BCUT2D eigenvalue weighted by atomic mass is 32.2. The van der Waals surface area contributed by atoms with Gasteiger partial charge in [0.15, 0.2) is 0 Å². The summed E-state index contributed by atoms with van der Waals surface area (Å²) in [7, 11) is -3.56. The number of benzene rings is 2. The first kappa shape index (κ1) is 21.1. The number of rotatable bonds is 9. The summed E-state index contributed by atoms with van der Waals surface area (Å²) in [5, 5.41) is 2.74. The lowest BCUT2D eigenvalue weighted by atomic mass is 10.2. The van der Waals surface area contributed by atoms with E-state index < -0.39 is 10.0 Å². The maximum absolute atomic E-state index is 12.9. The van der Waals surface area contributed by atoms with Crippen molar-refractivity contribution in [2.75, 3.05) is 13.1 Å². The van der Waals surface area contributed by atoms with Crippen molar-refractivity contribution in [1.82, 2.24) is 9.62 Å². The van der Waals surface area contributed by atoms with Crippen LogP contribution >= 0.6 is 0 Å². The monoisotopic (exact) mass is 392 g/mol. The van der Waals surface area contributed by atoms with E-state index in [1.165, 1.54) is 40.7 Å². The van der Waals surface area contributed by atoms with Gasteiger partial charge in [-0.15, -0.1) is 0 Å². The second kappa shape index (κ2) is 9.62. The fraction of sp³-hybridized carbons (Fsp3) is 0.350. The van der Waals surface area contributed by atoms with Crippen molar-refractivity contribution in [3.63, 3.8) is 0 Å². The van der Waals surface area contributed by atoms with E-state index in [4.69, 9.17) is 0 Å². The van der Waals surface area contributed by atoms with Crippen LogP contribution in [0.25, 0.3) is 0 Å². The average Bonchev–Trinajstić information content (AvgIpc) is 2.67. The van der Waals surface area contributed by atoms with E-state index in [-0.39, 0.29) is 23.2 Å². The van der Waals surface area contributed by atoms with E-state index in [1.54, 1.807) is 12.1 Å². The van der Waals surface area contributed by atoms with Gasteiger partial charge in [0.1, 0.15) is 5.82 Å². The standard InChI is InChI=1S/C20H25FN2O3S/c1-3-13-23(14-4-2)27(25,26)19-11-7-17(8-12-19)20(24)22-15-16-5-9-18(21)10-6-16/h5-12H,3-4,13-15H2,1-2H3,(H,22,24). The van der Waals surface area contributed by atoms with E-state index in [1.807, 2.05) is 13.8 Å². The highest BCUT2D eigenvalue weighted by molar-refractivity contribution is 7.89. The van der Waals surface area contributed by atoms with Crippen molar-refractivity contribution in [1.29, 1.82) is 0 Å². The second-order valence-electron chi connectivity index (χ2n) is 6.24. The molecule has 0 spiro atoms. The fourth-order valence-electron chi connectivity index (χ4n) is 2.66. The van der Waals surface area contributed by atoms with Crippen LogP contribution in [-0.2, 0) is 16.6 Å². The van der Waals surface area contributed by atoms with E-state index in [0.717, 1.165) is 18.4 Å². The van der Waals surface area contributed by atoms with E-state index >= 15 is 0 Å². The van der Waals surface area contributed by atoms with Gasteiger partial charge in [0.2, 0.25) is 10.0 Å². The number of carbonyl (C=O) groups is 1. The quantitative estimate of drug-likeness (QED) is 0.709. The predicted octanol–water partition coefficient (Wildman–Crippen LogP) is 3.57. The van der Waals surface area contributed by atoms with Gasteiger partial charge in [0.05, 0.1) is 4.90 Å². The Hall–Kier alpha value is -2.25. The van der Waals surface area contributed by atoms with Crippen LogP contribution in [-0.4, -0.2) is 31.7 Å². The number of nitrogens with zero attached hydrogens (tertiary/aromatic N) is 1. The lowest BCUT2D eigenvalue weighted by Crippen LogP contribution is -2.32. The average molecular weight is 392 g/mol. The Labute approximate surface area is 160 Å². The molecule has 0 saturated carbocycles. The van der Waals surface area contributed by atoms with Gasteiger partial charge < -0.3 is 5.32 Å². The molecule has 7 heteroatoms. The van der Waals surface area contributed by atoms with Crippen LogP contribution < -0.4 is 5.32 Å². The summed E-state index contributed by atoms with van der Waals surface area (Å²) in [5.74, 6) is -0.649. The van der Waals surface area contributed by atoms with Gasteiger partial charge in [-0.2, -0.15) is 4.31 Å². The summed E-state index contributed by atoms with van der Waals surface area (Å²) in [6.45, 7) is 5.07. The van der Waals surface area contributed by atoms with Gasteiger partial charge in [0, 0.05) is 25.2 Å². The normalized spacial score (nSPS) is 11.6. The smallest absolute Gasteiger partial charge is 0.251 e. The molecule has 0 atom stereocenters. The van der Waals surface area contributed by atoms with Crippen LogP contribution in [0.3, 0.4) is 0 Å². The van der Waals surface area contributed by atoms with Crippen LogP contribution in [0.2, 0.25) is 0 Å². The van der Waals surface area contributed by atoms with Crippen LogP contribution in [0.5, 0.6) is 0 Å². The van der Waals surface area contributed by atoms with Gasteiger partial charge in [-0.05, 0) is 54.8 Å². The number of nitrogens with one attached hydrogen (secondary N) is 1. The molecule has 0 bridgehead atoms. The van der Waals surface area contributed by atoms with Gasteiger partial charge in [0.25, 0.3) is 5.91 Å². The Bertz CT molecular complexity index is 844. The third-order valence-corrected chi connectivity index (χ3v) is 5.98. The molecule has 0 heterocycles. The summed E-state index contributed by atoms with van der Waals surface area (Å²) in [6, 6.07) is 11.8. The minimum absolute atomic E-state index is 0.180.